The molecule has 1 heterocycles. The van der Waals surface area contributed by atoms with Crippen molar-refractivity contribution in [1.29, 1.82) is 0 Å². The number of fused-ring (bicyclic) bond motifs is 1. The van der Waals surface area contributed by atoms with Crippen molar-refractivity contribution in [3.8, 4) is 5.75 Å². The van der Waals surface area contributed by atoms with Gasteiger partial charge in [0.2, 0.25) is 11.8 Å². The number of hydrogen-bond acceptors (Lipinski definition) is 6. The normalized spacial score (nSPS) is 16.2. The van der Waals surface area contributed by atoms with Crippen LogP contribution in [-0.4, -0.2) is 38.3 Å². The van der Waals surface area contributed by atoms with Gasteiger partial charge in [0.1, 0.15) is 5.75 Å². The topological polar surface area (TPSA) is 102 Å². The fourth-order valence-corrected chi connectivity index (χ4v) is 5.51. The molecule has 0 fully saturated rings. The third kappa shape index (κ3) is 5.47. The minimum Gasteiger partial charge on any atom is -0.495 e. The van der Waals surface area contributed by atoms with E-state index in [1.54, 1.807) is 18.2 Å². The third-order valence-corrected chi connectivity index (χ3v) is 7.61. The standard InChI is InChI=1S/C20H21ClN2O5S2/c1-12-9-20(25)23-16-11-14(4-6-18(16)29-12)30(26,27)8-7-19(24)22-13-3-5-17(28-2)15(21)10-13/h3-6,10-12H,7-9H2,1-2H3,(H,22,24)(H,23,25)/t12-/m1/s1. The van der Waals surface area contributed by atoms with Gasteiger partial charge in [0.05, 0.1) is 28.5 Å². The Kier molecular flexibility index (Phi) is 6.95. The third-order valence-electron chi connectivity index (χ3n) is 4.42. The van der Waals surface area contributed by atoms with Crippen LogP contribution in [0.1, 0.15) is 19.8 Å². The molecular formula is C20H21ClN2O5S2. The highest BCUT2D eigenvalue weighted by atomic mass is 35.5. The van der Waals surface area contributed by atoms with Crippen molar-refractivity contribution >= 4 is 56.4 Å². The van der Waals surface area contributed by atoms with Gasteiger partial charge >= 0.3 is 0 Å². The molecule has 0 unspecified atom stereocenters. The van der Waals surface area contributed by atoms with E-state index in [1.807, 2.05) is 6.92 Å². The van der Waals surface area contributed by atoms with Crippen LogP contribution >= 0.6 is 23.4 Å². The lowest BCUT2D eigenvalue weighted by molar-refractivity contribution is -0.116. The molecule has 160 valence electrons. The maximum atomic E-state index is 12.7. The first-order valence-corrected chi connectivity index (χ1v) is 12.1. The first-order valence-electron chi connectivity index (χ1n) is 9.14. The number of ether oxygens (including phenoxy) is 1. The number of methoxy groups -OCH3 is 1. The van der Waals surface area contributed by atoms with Gasteiger partial charge in [0.15, 0.2) is 9.84 Å². The van der Waals surface area contributed by atoms with Crippen molar-refractivity contribution < 1.29 is 22.7 Å². The van der Waals surface area contributed by atoms with Gasteiger partial charge in [-0.25, -0.2) is 8.42 Å². The van der Waals surface area contributed by atoms with Crippen LogP contribution in [0.5, 0.6) is 5.75 Å². The van der Waals surface area contributed by atoms with Crippen LogP contribution in [0.4, 0.5) is 11.4 Å². The number of sulfone groups is 1. The summed E-state index contributed by atoms with van der Waals surface area (Å²) in [5.41, 5.74) is 0.926. The molecule has 2 aromatic carbocycles. The number of amides is 2. The van der Waals surface area contributed by atoms with Crippen LogP contribution in [0, 0.1) is 0 Å². The zero-order valence-corrected chi connectivity index (χ0v) is 18.8. The van der Waals surface area contributed by atoms with E-state index in [4.69, 9.17) is 16.3 Å². The maximum absolute atomic E-state index is 12.7. The van der Waals surface area contributed by atoms with Crippen molar-refractivity contribution in [3.05, 3.63) is 41.4 Å². The van der Waals surface area contributed by atoms with Gasteiger partial charge in [-0.15, -0.1) is 11.8 Å². The van der Waals surface area contributed by atoms with Gasteiger partial charge in [-0.2, -0.15) is 0 Å². The molecule has 3 rings (SSSR count). The molecule has 7 nitrogen and oxygen atoms in total. The number of rotatable bonds is 6. The Morgan fingerprint density at radius 1 is 1.30 bits per heavy atom. The van der Waals surface area contributed by atoms with Crippen molar-refractivity contribution in [3.63, 3.8) is 0 Å². The highest BCUT2D eigenvalue weighted by molar-refractivity contribution is 8.00. The number of halogens is 1. The fraction of sp³-hybridized carbons (Fsp3) is 0.300. The van der Waals surface area contributed by atoms with Crippen LogP contribution < -0.4 is 15.4 Å². The average molecular weight is 469 g/mol. The largest absolute Gasteiger partial charge is 0.495 e. The molecule has 2 amide bonds. The first-order chi connectivity index (χ1) is 14.2. The number of anilines is 2. The summed E-state index contributed by atoms with van der Waals surface area (Å²) in [6.45, 7) is 1.94. The molecule has 0 saturated heterocycles. The van der Waals surface area contributed by atoms with E-state index in [1.165, 1.54) is 37.1 Å². The molecule has 0 aliphatic carbocycles. The van der Waals surface area contributed by atoms with Crippen molar-refractivity contribution in [2.75, 3.05) is 23.5 Å². The second-order valence-corrected chi connectivity index (χ2v) is 10.8. The molecular weight excluding hydrogens is 448 g/mol. The molecule has 2 aromatic rings. The molecule has 10 heteroatoms. The Morgan fingerprint density at radius 2 is 2.07 bits per heavy atom. The molecule has 0 spiro atoms. The number of hydrogen-bond donors (Lipinski definition) is 2. The molecule has 1 aliphatic heterocycles. The van der Waals surface area contributed by atoms with E-state index in [9.17, 15) is 18.0 Å². The summed E-state index contributed by atoms with van der Waals surface area (Å²) in [5.74, 6) is -0.493. The van der Waals surface area contributed by atoms with Crippen LogP contribution in [-0.2, 0) is 19.4 Å². The lowest BCUT2D eigenvalue weighted by atomic mass is 10.3. The van der Waals surface area contributed by atoms with Gasteiger partial charge in [0.25, 0.3) is 0 Å². The summed E-state index contributed by atoms with van der Waals surface area (Å²) >= 11 is 7.54. The van der Waals surface area contributed by atoms with Gasteiger partial charge in [-0.1, -0.05) is 18.5 Å². The van der Waals surface area contributed by atoms with E-state index in [0.717, 1.165) is 4.90 Å². The Morgan fingerprint density at radius 3 is 2.77 bits per heavy atom. The summed E-state index contributed by atoms with van der Waals surface area (Å²) < 4.78 is 30.5. The van der Waals surface area contributed by atoms with Crippen molar-refractivity contribution in [1.82, 2.24) is 0 Å². The van der Waals surface area contributed by atoms with Crippen LogP contribution in [0.25, 0.3) is 0 Å². The van der Waals surface area contributed by atoms with Crippen LogP contribution in [0.2, 0.25) is 5.02 Å². The van der Waals surface area contributed by atoms with E-state index in [-0.39, 0.29) is 28.2 Å². The second kappa shape index (κ2) is 9.28. The summed E-state index contributed by atoms with van der Waals surface area (Å²) in [7, 11) is -2.23. The van der Waals surface area contributed by atoms with Crippen LogP contribution in [0.15, 0.2) is 46.2 Å². The molecule has 2 N–H and O–H groups in total. The zero-order chi connectivity index (χ0) is 21.9. The number of benzene rings is 2. The number of nitrogens with one attached hydrogen (secondary N) is 2. The molecule has 1 aliphatic rings. The van der Waals surface area contributed by atoms with Gasteiger partial charge in [-0.3, -0.25) is 9.59 Å². The Balaban J connectivity index is 1.67. The highest BCUT2D eigenvalue weighted by Gasteiger charge is 2.23. The number of thioether (sulfide) groups is 1. The van der Waals surface area contributed by atoms with E-state index in [2.05, 4.69) is 10.6 Å². The predicted molar refractivity (Wildman–Crippen MR) is 118 cm³/mol. The smallest absolute Gasteiger partial charge is 0.225 e. The van der Waals surface area contributed by atoms with E-state index >= 15 is 0 Å². The molecule has 0 bridgehead atoms. The van der Waals surface area contributed by atoms with Crippen LogP contribution in [0.3, 0.4) is 0 Å². The minimum absolute atomic E-state index is 0.0667. The molecule has 0 radical (unpaired) electrons. The zero-order valence-electron chi connectivity index (χ0n) is 16.4. The Hall–Kier alpha value is -2.23. The summed E-state index contributed by atoms with van der Waals surface area (Å²) in [6.07, 6.45) is 0.137. The first kappa shape index (κ1) is 22.5. The lowest BCUT2D eigenvalue weighted by Gasteiger charge is -2.11. The Bertz CT molecular complexity index is 1090. The van der Waals surface area contributed by atoms with E-state index in [0.29, 0.717) is 28.6 Å². The van der Waals surface area contributed by atoms with Gasteiger partial charge in [-0.05, 0) is 36.4 Å². The summed E-state index contributed by atoms with van der Waals surface area (Å²) in [5, 5.41) is 5.81. The summed E-state index contributed by atoms with van der Waals surface area (Å²) in [4.78, 5) is 25.0. The molecule has 30 heavy (non-hydrogen) atoms. The highest BCUT2D eigenvalue weighted by Crippen LogP contribution is 2.36. The lowest BCUT2D eigenvalue weighted by Crippen LogP contribution is -2.18. The molecule has 0 aromatic heterocycles. The predicted octanol–water partition coefficient (Wildman–Crippen LogP) is 3.97. The monoisotopic (exact) mass is 468 g/mol. The van der Waals surface area contributed by atoms with Gasteiger partial charge < -0.3 is 15.4 Å². The average Bonchev–Trinajstić information content (AvgIpc) is 2.82. The Labute approximate surface area is 184 Å². The maximum Gasteiger partial charge on any atom is 0.225 e. The second-order valence-electron chi connectivity index (χ2n) is 6.81. The molecule has 1 atom stereocenters. The number of carbonyl (C=O) groups is 2. The SMILES string of the molecule is COc1ccc(NC(=O)CCS(=O)(=O)c2ccc3c(c2)NC(=O)C[C@@H](C)S3)cc1Cl. The van der Waals surface area contributed by atoms with E-state index < -0.39 is 15.7 Å². The fourth-order valence-electron chi connectivity index (χ4n) is 2.94. The van der Waals surface area contributed by atoms with Crippen molar-refractivity contribution in [2.24, 2.45) is 0 Å². The molecule has 0 saturated carbocycles. The van der Waals surface area contributed by atoms with Gasteiger partial charge in [0, 0.05) is 28.7 Å². The summed E-state index contributed by atoms with van der Waals surface area (Å²) in [6, 6.07) is 9.40. The number of carbonyl (C=O) groups excluding carboxylic acids is 2. The minimum atomic E-state index is -3.71. The van der Waals surface area contributed by atoms with Crippen molar-refractivity contribution in [2.45, 2.75) is 34.8 Å². The quantitative estimate of drug-likeness (QED) is 0.665.